The minimum absolute atomic E-state index is 0.0416. The van der Waals surface area contributed by atoms with Crippen molar-refractivity contribution in [3.8, 4) is 5.75 Å². The zero-order chi connectivity index (χ0) is 12.0. The van der Waals surface area contributed by atoms with E-state index in [0.29, 0.717) is 0 Å². The molecular weight excluding hydrogens is 214 g/mol. The maximum Gasteiger partial charge on any atom is 0.254 e. The molecule has 3 rings (SSSR count). The minimum atomic E-state index is -0.203. The maximum absolute atomic E-state index is 11.6. The molecule has 2 aromatic carbocycles. The van der Waals surface area contributed by atoms with E-state index in [9.17, 15) is 9.90 Å². The van der Waals surface area contributed by atoms with Gasteiger partial charge in [-0.15, -0.1) is 0 Å². The Balaban J connectivity index is 2.68. The summed E-state index contributed by atoms with van der Waals surface area (Å²) in [7, 11) is 1.71. The molecule has 17 heavy (non-hydrogen) atoms. The molecule has 0 aliphatic heterocycles. The van der Waals surface area contributed by atoms with Gasteiger partial charge in [0.05, 0.1) is 5.52 Å². The van der Waals surface area contributed by atoms with Gasteiger partial charge in [-0.1, -0.05) is 30.3 Å². The molecule has 1 N–H and O–H groups in total. The van der Waals surface area contributed by atoms with Gasteiger partial charge >= 0.3 is 0 Å². The number of aryl methyl sites for hydroxylation is 1. The van der Waals surface area contributed by atoms with Crippen molar-refractivity contribution < 1.29 is 5.11 Å². The van der Waals surface area contributed by atoms with Gasteiger partial charge in [0.1, 0.15) is 5.75 Å². The highest BCUT2D eigenvalue weighted by Gasteiger charge is 2.08. The first kappa shape index (κ1) is 9.90. The molecule has 0 amide bonds. The van der Waals surface area contributed by atoms with E-state index in [2.05, 4.69) is 0 Å². The summed E-state index contributed by atoms with van der Waals surface area (Å²) in [5, 5.41) is 12.7. The van der Waals surface area contributed by atoms with Crippen LogP contribution in [0.5, 0.6) is 5.75 Å². The van der Waals surface area contributed by atoms with Gasteiger partial charge in [-0.3, -0.25) is 4.79 Å². The Kier molecular flexibility index (Phi) is 1.95. The Morgan fingerprint density at radius 2 is 1.88 bits per heavy atom. The lowest BCUT2D eigenvalue weighted by molar-refractivity contribution is 0.480. The average molecular weight is 225 g/mol. The van der Waals surface area contributed by atoms with Crippen LogP contribution in [-0.4, -0.2) is 9.67 Å². The molecule has 1 heterocycles. The zero-order valence-electron chi connectivity index (χ0n) is 9.34. The van der Waals surface area contributed by atoms with E-state index in [4.69, 9.17) is 0 Å². The second-order valence-electron chi connectivity index (χ2n) is 4.11. The van der Waals surface area contributed by atoms with E-state index in [0.717, 1.165) is 21.7 Å². The Hall–Kier alpha value is -2.29. The summed E-state index contributed by atoms with van der Waals surface area (Å²) in [6.07, 6.45) is 0. The normalized spacial score (nSPS) is 11.1. The quantitative estimate of drug-likeness (QED) is 0.597. The van der Waals surface area contributed by atoms with Gasteiger partial charge in [0.2, 0.25) is 0 Å². The van der Waals surface area contributed by atoms with Crippen molar-refractivity contribution in [1.29, 1.82) is 0 Å². The SMILES string of the molecule is Cn1c(=O)cc(O)c2c3ccccc3ccc21. The summed E-state index contributed by atoms with van der Waals surface area (Å²) in [4.78, 5) is 11.6. The predicted octanol–water partition coefficient (Wildman–Crippen LogP) is 2.40. The number of nitrogens with zero attached hydrogens (tertiary/aromatic N) is 1. The maximum atomic E-state index is 11.6. The van der Waals surface area contributed by atoms with Crippen molar-refractivity contribution in [3.63, 3.8) is 0 Å². The van der Waals surface area contributed by atoms with Gasteiger partial charge in [0.15, 0.2) is 0 Å². The molecule has 0 radical (unpaired) electrons. The molecule has 0 fully saturated rings. The van der Waals surface area contributed by atoms with Crippen LogP contribution in [0.2, 0.25) is 0 Å². The summed E-state index contributed by atoms with van der Waals surface area (Å²) in [5.41, 5.74) is 0.541. The number of aromatic nitrogens is 1. The summed E-state index contributed by atoms with van der Waals surface area (Å²) in [6, 6.07) is 12.9. The highest BCUT2D eigenvalue weighted by atomic mass is 16.3. The Morgan fingerprint density at radius 3 is 2.71 bits per heavy atom. The second kappa shape index (κ2) is 3.35. The van der Waals surface area contributed by atoms with Gasteiger partial charge < -0.3 is 9.67 Å². The first-order valence-corrected chi connectivity index (χ1v) is 5.39. The lowest BCUT2D eigenvalue weighted by atomic mass is 10.0. The molecule has 0 spiro atoms. The highest BCUT2D eigenvalue weighted by Crippen LogP contribution is 2.30. The first-order valence-electron chi connectivity index (χ1n) is 5.39. The predicted molar refractivity (Wildman–Crippen MR) is 68.4 cm³/mol. The third-order valence-corrected chi connectivity index (χ3v) is 3.12. The third kappa shape index (κ3) is 1.32. The Bertz CT molecular complexity index is 787. The van der Waals surface area contributed by atoms with E-state index in [1.54, 1.807) is 11.6 Å². The van der Waals surface area contributed by atoms with Crippen LogP contribution in [0, 0.1) is 0 Å². The number of benzene rings is 2. The summed E-state index contributed by atoms with van der Waals surface area (Å²) >= 11 is 0. The topological polar surface area (TPSA) is 42.2 Å². The number of hydrogen-bond acceptors (Lipinski definition) is 2. The van der Waals surface area contributed by atoms with Crippen LogP contribution in [0.25, 0.3) is 21.7 Å². The molecule has 0 aliphatic carbocycles. The van der Waals surface area contributed by atoms with Crippen molar-refractivity contribution in [2.24, 2.45) is 7.05 Å². The molecule has 0 unspecified atom stereocenters. The number of fused-ring (bicyclic) bond motifs is 3. The van der Waals surface area contributed by atoms with E-state index >= 15 is 0 Å². The minimum Gasteiger partial charge on any atom is -0.507 e. The van der Waals surface area contributed by atoms with E-state index in [1.807, 2.05) is 36.4 Å². The monoisotopic (exact) mass is 225 g/mol. The first-order chi connectivity index (χ1) is 8.18. The van der Waals surface area contributed by atoms with Crippen LogP contribution >= 0.6 is 0 Å². The van der Waals surface area contributed by atoms with Crippen LogP contribution in [0.1, 0.15) is 0 Å². The average Bonchev–Trinajstić information content (AvgIpc) is 2.35. The molecule has 1 aromatic heterocycles. The molecular formula is C14H11NO2. The van der Waals surface area contributed by atoms with Crippen LogP contribution in [-0.2, 0) is 7.05 Å². The summed E-state index contributed by atoms with van der Waals surface area (Å²) in [5.74, 6) is 0.0416. The Morgan fingerprint density at radius 1 is 1.12 bits per heavy atom. The van der Waals surface area contributed by atoms with E-state index < -0.39 is 0 Å². The fraction of sp³-hybridized carbons (Fsp3) is 0.0714. The van der Waals surface area contributed by atoms with Crippen molar-refractivity contribution in [3.05, 3.63) is 52.8 Å². The summed E-state index contributed by atoms with van der Waals surface area (Å²) < 4.78 is 1.54. The molecule has 3 aromatic rings. The second-order valence-corrected chi connectivity index (χ2v) is 4.11. The van der Waals surface area contributed by atoms with Crippen LogP contribution in [0.3, 0.4) is 0 Å². The fourth-order valence-electron chi connectivity index (χ4n) is 2.21. The zero-order valence-corrected chi connectivity index (χ0v) is 9.34. The van der Waals surface area contributed by atoms with Gasteiger partial charge in [-0.25, -0.2) is 0 Å². The van der Waals surface area contributed by atoms with Gasteiger partial charge in [-0.05, 0) is 16.8 Å². The number of aromatic hydroxyl groups is 1. The van der Waals surface area contributed by atoms with Crippen LogP contribution in [0.4, 0.5) is 0 Å². The van der Waals surface area contributed by atoms with E-state index in [-0.39, 0.29) is 11.3 Å². The lowest BCUT2D eigenvalue weighted by Crippen LogP contribution is -2.15. The molecule has 0 atom stereocenters. The largest absolute Gasteiger partial charge is 0.507 e. The van der Waals surface area contributed by atoms with Crippen LogP contribution in [0.15, 0.2) is 47.3 Å². The van der Waals surface area contributed by atoms with Gasteiger partial charge in [0, 0.05) is 18.5 Å². The molecule has 84 valence electrons. The van der Waals surface area contributed by atoms with Gasteiger partial charge in [-0.2, -0.15) is 0 Å². The van der Waals surface area contributed by atoms with Crippen LogP contribution < -0.4 is 5.56 Å². The third-order valence-electron chi connectivity index (χ3n) is 3.12. The fourth-order valence-corrected chi connectivity index (χ4v) is 2.21. The number of hydrogen-bond donors (Lipinski definition) is 1. The molecule has 3 nitrogen and oxygen atoms in total. The van der Waals surface area contributed by atoms with Gasteiger partial charge in [0.25, 0.3) is 5.56 Å². The van der Waals surface area contributed by atoms with Crippen molar-refractivity contribution in [2.45, 2.75) is 0 Å². The highest BCUT2D eigenvalue weighted by molar-refractivity contribution is 6.09. The molecule has 0 saturated carbocycles. The summed E-state index contributed by atoms with van der Waals surface area (Å²) in [6.45, 7) is 0. The number of rotatable bonds is 0. The van der Waals surface area contributed by atoms with Crippen molar-refractivity contribution in [1.82, 2.24) is 4.57 Å². The van der Waals surface area contributed by atoms with Crippen molar-refractivity contribution >= 4 is 21.7 Å². The molecule has 0 saturated heterocycles. The lowest BCUT2D eigenvalue weighted by Gasteiger charge is -2.09. The smallest absolute Gasteiger partial charge is 0.254 e. The van der Waals surface area contributed by atoms with E-state index in [1.165, 1.54) is 6.07 Å². The standard InChI is InChI=1S/C14H11NO2/c1-15-11-7-6-9-4-2-3-5-10(9)14(11)12(16)8-13(15)17/h2-8,16H,1H3. The Labute approximate surface area is 97.5 Å². The molecule has 3 heteroatoms. The number of pyridine rings is 1. The molecule has 0 aliphatic rings. The molecule has 0 bridgehead atoms. The van der Waals surface area contributed by atoms with Crippen molar-refractivity contribution in [2.75, 3.05) is 0 Å².